The lowest BCUT2D eigenvalue weighted by atomic mass is 10.0. The van der Waals surface area contributed by atoms with E-state index in [1.807, 2.05) is 17.8 Å². The van der Waals surface area contributed by atoms with E-state index >= 15 is 0 Å². The van der Waals surface area contributed by atoms with Crippen molar-refractivity contribution in [3.05, 3.63) is 29.8 Å². The fourth-order valence-corrected chi connectivity index (χ4v) is 4.05. The van der Waals surface area contributed by atoms with Gasteiger partial charge in [0.05, 0.1) is 16.9 Å². The summed E-state index contributed by atoms with van der Waals surface area (Å²) in [5, 5.41) is 0. The fourth-order valence-electron chi connectivity index (χ4n) is 2.65. The van der Waals surface area contributed by atoms with Crippen molar-refractivity contribution in [1.29, 1.82) is 0 Å². The van der Waals surface area contributed by atoms with E-state index in [4.69, 9.17) is 11.6 Å². The Labute approximate surface area is 121 Å². The Hall–Kier alpha value is -0.740. The van der Waals surface area contributed by atoms with Crippen LogP contribution in [0.3, 0.4) is 0 Å². The SMILES string of the molecule is Fc1ccc2c(c1)nc(CCl)n2CC1CCSCC1. The molecule has 2 heterocycles. The molecule has 0 aliphatic carbocycles. The van der Waals surface area contributed by atoms with Crippen LogP contribution in [0.4, 0.5) is 4.39 Å². The first-order chi connectivity index (χ1) is 9.28. The van der Waals surface area contributed by atoms with Gasteiger partial charge < -0.3 is 4.57 Å². The third-order valence-electron chi connectivity index (χ3n) is 3.69. The molecule has 0 amide bonds. The summed E-state index contributed by atoms with van der Waals surface area (Å²) < 4.78 is 15.4. The van der Waals surface area contributed by atoms with Gasteiger partial charge in [-0.25, -0.2) is 9.37 Å². The summed E-state index contributed by atoms with van der Waals surface area (Å²) in [6, 6.07) is 4.79. The van der Waals surface area contributed by atoms with Crippen molar-refractivity contribution >= 4 is 34.4 Å². The monoisotopic (exact) mass is 298 g/mol. The lowest BCUT2D eigenvalue weighted by Crippen LogP contribution is -2.17. The Balaban J connectivity index is 1.95. The Morgan fingerprint density at radius 2 is 2.16 bits per heavy atom. The second kappa shape index (κ2) is 5.71. The lowest BCUT2D eigenvalue weighted by molar-refractivity contribution is 0.417. The van der Waals surface area contributed by atoms with E-state index in [1.54, 1.807) is 0 Å². The molecule has 1 aromatic carbocycles. The molecule has 0 spiro atoms. The largest absolute Gasteiger partial charge is 0.327 e. The van der Waals surface area contributed by atoms with Crippen LogP contribution in [0.1, 0.15) is 18.7 Å². The van der Waals surface area contributed by atoms with Gasteiger partial charge in [0.2, 0.25) is 0 Å². The van der Waals surface area contributed by atoms with Crippen LogP contribution < -0.4 is 0 Å². The molecule has 0 bridgehead atoms. The number of imidazole rings is 1. The number of hydrogen-bond acceptors (Lipinski definition) is 2. The van der Waals surface area contributed by atoms with Gasteiger partial charge >= 0.3 is 0 Å². The number of aromatic nitrogens is 2. The third-order valence-corrected chi connectivity index (χ3v) is 4.98. The van der Waals surface area contributed by atoms with Crippen molar-refractivity contribution in [2.45, 2.75) is 25.3 Å². The number of rotatable bonds is 3. The number of halogens is 2. The topological polar surface area (TPSA) is 17.8 Å². The highest BCUT2D eigenvalue weighted by atomic mass is 35.5. The van der Waals surface area contributed by atoms with Crippen molar-refractivity contribution in [3.63, 3.8) is 0 Å². The van der Waals surface area contributed by atoms with Gasteiger partial charge in [-0.3, -0.25) is 0 Å². The Bertz CT molecular complexity index is 578. The summed E-state index contributed by atoms with van der Waals surface area (Å²) in [7, 11) is 0. The molecule has 3 rings (SSSR count). The summed E-state index contributed by atoms with van der Waals surface area (Å²) in [5.41, 5.74) is 1.70. The molecule has 0 unspecified atom stereocenters. The summed E-state index contributed by atoms with van der Waals surface area (Å²) >= 11 is 8.01. The minimum atomic E-state index is -0.243. The van der Waals surface area contributed by atoms with Gasteiger partial charge in [0.1, 0.15) is 11.6 Å². The van der Waals surface area contributed by atoms with Crippen molar-refractivity contribution in [2.24, 2.45) is 5.92 Å². The average Bonchev–Trinajstić information content (AvgIpc) is 2.77. The Morgan fingerprint density at radius 3 is 2.89 bits per heavy atom. The number of alkyl halides is 1. The first-order valence-electron chi connectivity index (χ1n) is 6.56. The number of nitrogens with zero attached hydrogens (tertiary/aromatic N) is 2. The van der Waals surface area contributed by atoms with Crippen LogP contribution in [0.5, 0.6) is 0 Å². The molecule has 0 radical (unpaired) electrons. The van der Waals surface area contributed by atoms with E-state index in [-0.39, 0.29) is 5.82 Å². The Morgan fingerprint density at radius 1 is 1.37 bits per heavy atom. The number of fused-ring (bicyclic) bond motifs is 1. The summed E-state index contributed by atoms with van der Waals surface area (Å²) in [4.78, 5) is 4.44. The molecule has 102 valence electrons. The fraction of sp³-hybridized carbons (Fsp3) is 0.500. The smallest absolute Gasteiger partial charge is 0.125 e. The molecular weight excluding hydrogens is 283 g/mol. The van der Waals surface area contributed by atoms with Crippen LogP contribution in [-0.2, 0) is 12.4 Å². The summed E-state index contributed by atoms with van der Waals surface area (Å²) in [5.74, 6) is 4.14. The summed E-state index contributed by atoms with van der Waals surface area (Å²) in [6.45, 7) is 0.949. The minimum absolute atomic E-state index is 0.243. The van der Waals surface area contributed by atoms with E-state index < -0.39 is 0 Å². The van der Waals surface area contributed by atoms with Gasteiger partial charge in [-0.1, -0.05) is 0 Å². The van der Waals surface area contributed by atoms with Crippen LogP contribution in [0, 0.1) is 11.7 Å². The van der Waals surface area contributed by atoms with Gasteiger partial charge in [-0.15, -0.1) is 11.6 Å². The zero-order valence-electron chi connectivity index (χ0n) is 10.6. The maximum absolute atomic E-state index is 13.3. The van der Waals surface area contributed by atoms with E-state index in [2.05, 4.69) is 9.55 Å². The van der Waals surface area contributed by atoms with Gasteiger partial charge in [-0.2, -0.15) is 11.8 Å². The highest BCUT2D eigenvalue weighted by Gasteiger charge is 2.18. The van der Waals surface area contributed by atoms with Crippen molar-refractivity contribution in [1.82, 2.24) is 9.55 Å². The molecule has 1 aliphatic rings. The predicted molar refractivity (Wildman–Crippen MR) is 79.3 cm³/mol. The predicted octanol–water partition coefficient (Wildman–Crippen LogP) is 4.06. The quantitative estimate of drug-likeness (QED) is 0.795. The zero-order valence-corrected chi connectivity index (χ0v) is 12.2. The van der Waals surface area contributed by atoms with Gasteiger partial charge in [0.25, 0.3) is 0 Å². The minimum Gasteiger partial charge on any atom is -0.327 e. The van der Waals surface area contributed by atoms with Crippen LogP contribution in [0.2, 0.25) is 0 Å². The van der Waals surface area contributed by atoms with Gasteiger partial charge in [0.15, 0.2) is 0 Å². The Kier molecular flexibility index (Phi) is 3.99. The maximum Gasteiger partial charge on any atom is 0.125 e. The van der Waals surface area contributed by atoms with Crippen molar-refractivity contribution < 1.29 is 4.39 Å². The molecule has 0 N–H and O–H groups in total. The van der Waals surface area contributed by atoms with E-state index in [1.165, 1.54) is 36.5 Å². The number of hydrogen-bond donors (Lipinski definition) is 0. The second-order valence-corrected chi connectivity index (χ2v) is 6.45. The molecule has 2 aromatic rings. The third kappa shape index (κ3) is 2.75. The second-order valence-electron chi connectivity index (χ2n) is 4.96. The van der Waals surface area contributed by atoms with Crippen molar-refractivity contribution in [2.75, 3.05) is 11.5 Å². The molecule has 1 aromatic heterocycles. The van der Waals surface area contributed by atoms with Crippen LogP contribution in [0.25, 0.3) is 11.0 Å². The molecule has 1 saturated heterocycles. The first-order valence-corrected chi connectivity index (χ1v) is 8.25. The lowest BCUT2D eigenvalue weighted by Gasteiger charge is -2.22. The maximum atomic E-state index is 13.3. The van der Waals surface area contributed by atoms with Crippen LogP contribution in [-0.4, -0.2) is 21.1 Å². The van der Waals surface area contributed by atoms with Crippen molar-refractivity contribution in [3.8, 4) is 0 Å². The molecule has 5 heteroatoms. The summed E-state index contributed by atoms with van der Waals surface area (Å²) in [6.07, 6.45) is 2.49. The highest BCUT2D eigenvalue weighted by molar-refractivity contribution is 7.99. The molecule has 1 fully saturated rings. The molecule has 2 nitrogen and oxygen atoms in total. The van der Waals surface area contributed by atoms with Crippen LogP contribution >= 0.6 is 23.4 Å². The molecule has 1 aliphatic heterocycles. The van der Waals surface area contributed by atoms with E-state index in [0.29, 0.717) is 17.3 Å². The zero-order chi connectivity index (χ0) is 13.2. The standard InChI is InChI=1S/C14H16ClFN2S/c15-8-14-17-12-7-11(16)1-2-13(12)18(14)9-10-3-5-19-6-4-10/h1-2,7,10H,3-6,8-9H2. The molecular formula is C14H16ClFN2S. The van der Waals surface area contributed by atoms with Gasteiger partial charge in [0, 0.05) is 12.6 Å². The molecule has 0 atom stereocenters. The number of thioether (sulfide) groups is 1. The van der Waals surface area contributed by atoms with Gasteiger partial charge in [-0.05, 0) is 42.4 Å². The molecule has 19 heavy (non-hydrogen) atoms. The number of benzene rings is 1. The average molecular weight is 299 g/mol. The van der Waals surface area contributed by atoms with E-state index in [0.717, 1.165) is 17.9 Å². The normalized spacial score (nSPS) is 17.2. The van der Waals surface area contributed by atoms with Crippen LogP contribution in [0.15, 0.2) is 18.2 Å². The van der Waals surface area contributed by atoms with E-state index in [9.17, 15) is 4.39 Å². The first kappa shape index (κ1) is 13.3. The highest BCUT2D eigenvalue weighted by Crippen LogP contribution is 2.27. The molecule has 0 saturated carbocycles.